The lowest BCUT2D eigenvalue weighted by Gasteiger charge is -2.31. The molecule has 0 saturated carbocycles. The molecule has 1 fully saturated rings. The Morgan fingerprint density at radius 2 is 1.89 bits per heavy atom. The Labute approximate surface area is 174 Å². The zero-order chi connectivity index (χ0) is 19.5. The van der Waals surface area contributed by atoms with Gasteiger partial charge in [-0.3, -0.25) is 9.69 Å². The number of hydrogen-bond donors (Lipinski definition) is 1. The summed E-state index contributed by atoms with van der Waals surface area (Å²) < 4.78 is 2.24. The maximum atomic E-state index is 12.3. The quantitative estimate of drug-likeness (QED) is 0.655. The van der Waals surface area contributed by atoms with Gasteiger partial charge in [0.25, 0.3) is 0 Å². The van der Waals surface area contributed by atoms with E-state index in [-0.39, 0.29) is 5.91 Å². The lowest BCUT2D eigenvalue weighted by atomic mass is 9.96. The number of amides is 1. The summed E-state index contributed by atoms with van der Waals surface area (Å²) in [6, 6.07) is 13.3. The average Bonchev–Trinajstić information content (AvgIpc) is 3.09. The molecule has 1 aliphatic heterocycles. The number of likely N-dealkylation sites (tertiary alicyclic amines) is 1. The van der Waals surface area contributed by atoms with Gasteiger partial charge in [-0.2, -0.15) is 0 Å². The Morgan fingerprint density at radius 3 is 2.68 bits per heavy atom. The second-order valence-electron chi connectivity index (χ2n) is 7.28. The number of carbonyl (C=O) groups excluding carboxylic acids is 1. The molecule has 2 aromatic carbocycles. The van der Waals surface area contributed by atoms with E-state index in [1.807, 2.05) is 18.5 Å². The van der Waals surface area contributed by atoms with Crippen LogP contribution in [0.15, 0.2) is 48.8 Å². The molecule has 1 aromatic heterocycles. The van der Waals surface area contributed by atoms with Crippen LogP contribution in [0.1, 0.15) is 12.8 Å². The van der Waals surface area contributed by atoms with Gasteiger partial charge in [0.05, 0.1) is 34.0 Å². The van der Waals surface area contributed by atoms with Crippen LogP contribution >= 0.6 is 23.2 Å². The third-order valence-electron chi connectivity index (χ3n) is 5.26. The summed E-state index contributed by atoms with van der Waals surface area (Å²) in [5, 5.41) is 3.81. The molecular weight excluding hydrogens is 395 g/mol. The number of aromatic nitrogens is 2. The molecule has 0 spiro atoms. The van der Waals surface area contributed by atoms with Gasteiger partial charge in [-0.1, -0.05) is 35.3 Å². The first-order valence-corrected chi connectivity index (χ1v) is 10.2. The average molecular weight is 417 g/mol. The summed E-state index contributed by atoms with van der Waals surface area (Å²) in [7, 11) is 0. The van der Waals surface area contributed by atoms with E-state index in [2.05, 4.69) is 31.9 Å². The van der Waals surface area contributed by atoms with E-state index >= 15 is 0 Å². The number of fused-ring (bicyclic) bond motifs is 1. The number of nitrogens with one attached hydrogen (secondary N) is 1. The zero-order valence-corrected chi connectivity index (χ0v) is 17.0. The van der Waals surface area contributed by atoms with Crippen molar-refractivity contribution in [1.82, 2.24) is 14.5 Å². The first-order chi connectivity index (χ1) is 13.6. The Balaban J connectivity index is 1.27. The molecule has 5 nitrogen and oxygen atoms in total. The molecule has 28 heavy (non-hydrogen) atoms. The maximum absolute atomic E-state index is 12.3. The molecule has 1 aliphatic rings. The van der Waals surface area contributed by atoms with Crippen LogP contribution in [0.25, 0.3) is 11.0 Å². The molecule has 146 valence electrons. The van der Waals surface area contributed by atoms with E-state index in [4.69, 9.17) is 23.2 Å². The predicted octanol–water partition coefficient (Wildman–Crippen LogP) is 4.69. The predicted molar refractivity (Wildman–Crippen MR) is 114 cm³/mol. The number of carbonyl (C=O) groups is 1. The van der Waals surface area contributed by atoms with Crippen molar-refractivity contribution in [3.63, 3.8) is 0 Å². The highest BCUT2D eigenvalue weighted by Crippen LogP contribution is 2.25. The molecule has 2 heterocycles. The van der Waals surface area contributed by atoms with Crippen molar-refractivity contribution in [3.05, 3.63) is 58.8 Å². The highest BCUT2D eigenvalue weighted by atomic mass is 35.5. The summed E-state index contributed by atoms with van der Waals surface area (Å²) in [6.07, 6.45) is 4.08. The highest BCUT2D eigenvalue weighted by molar-refractivity contribution is 6.42. The number of piperidine rings is 1. The minimum atomic E-state index is -0.0301. The summed E-state index contributed by atoms with van der Waals surface area (Å²) in [6.45, 7) is 3.21. The minimum Gasteiger partial charge on any atom is -0.330 e. The molecule has 0 aliphatic carbocycles. The summed E-state index contributed by atoms with van der Waals surface area (Å²) in [4.78, 5) is 19.0. The van der Waals surface area contributed by atoms with E-state index in [1.54, 1.807) is 18.2 Å². The SMILES string of the molecule is O=C(CN1CCC(Cn2cnc3ccccc32)CC1)Nc1ccc(Cl)c(Cl)c1. The van der Waals surface area contributed by atoms with E-state index in [0.717, 1.165) is 38.0 Å². The molecule has 0 radical (unpaired) electrons. The van der Waals surface area contributed by atoms with Crippen LogP contribution in [0, 0.1) is 5.92 Å². The van der Waals surface area contributed by atoms with Crippen LogP contribution in [0.5, 0.6) is 0 Å². The molecule has 0 bridgehead atoms. The number of hydrogen-bond acceptors (Lipinski definition) is 3. The Hall–Kier alpha value is -2.08. The monoisotopic (exact) mass is 416 g/mol. The van der Waals surface area contributed by atoms with Crippen LogP contribution < -0.4 is 5.32 Å². The fourth-order valence-electron chi connectivity index (χ4n) is 3.74. The largest absolute Gasteiger partial charge is 0.330 e. The lowest BCUT2D eigenvalue weighted by Crippen LogP contribution is -2.39. The molecule has 0 atom stereocenters. The number of rotatable bonds is 5. The van der Waals surface area contributed by atoms with Crippen molar-refractivity contribution < 1.29 is 4.79 Å². The maximum Gasteiger partial charge on any atom is 0.238 e. The second-order valence-corrected chi connectivity index (χ2v) is 8.10. The van der Waals surface area contributed by atoms with Crippen molar-refractivity contribution >= 4 is 45.8 Å². The van der Waals surface area contributed by atoms with Gasteiger partial charge in [0.2, 0.25) is 5.91 Å². The van der Waals surface area contributed by atoms with Crippen LogP contribution in [-0.4, -0.2) is 40.0 Å². The molecule has 1 amide bonds. The first-order valence-electron chi connectivity index (χ1n) is 9.45. The van der Waals surface area contributed by atoms with Crippen molar-refractivity contribution in [2.45, 2.75) is 19.4 Å². The molecule has 7 heteroatoms. The van der Waals surface area contributed by atoms with Gasteiger partial charge in [-0.25, -0.2) is 4.98 Å². The lowest BCUT2D eigenvalue weighted by molar-refractivity contribution is -0.117. The van der Waals surface area contributed by atoms with Crippen molar-refractivity contribution in [2.24, 2.45) is 5.92 Å². The fraction of sp³-hybridized carbons (Fsp3) is 0.333. The van der Waals surface area contributed by atoms with Crippen molar-refractivity contribution in [3.8, 4) is 0 Å². The van der Waals surface area contributed by atoms with E-state index in [1.165, 1.54) is 5.52 Å². The van der Waals surface area contributed by atoms with Gasteiger partial charge in [0.15, 0.2) is 0 Å². The Kier molecular flexibility index (Phi) is 5.85. The summed E-state index contributed by atoms with van der Waals surface area (Å²) in [5.41, 5.74) is 2.89. The standard InChI is InChI=1S/C21H22Cl2N4O/c22-17-6-5-16(11-18(17)23)25-21(28)13-26-9-7-15(8-10-26)12-27-14-24-19-3-1-2-4-20(19)27/h1-6,11,14-15H,7-10,12-13H2,(H,25,28). The molecule has 4 rings (SSSR count). The van der Waals surface area contributed by atoms with E-state index in [9.17, 15) is 4.79 Å². The number of nitrogens with zero attached hydrogens (tertiary/aromatic N) is 3. The van der Waals surface area contributed by atoms with E-state index in [0.29, 0.717) is 28.2 Å². The smallest absolute Gasteiger partial charge is 0.238 e. The summed E-state index contributed by atoms with van der Waals surface area (Å²) >= 11 is 11.9. The van der Waals surface area contributed by atoms with Crippen LogP contribution in [0.4, 0.5) is 5.69 Å². The molecule has 0 unspecified atom stereocenters. The van der Waals surface area contributed by atoms with Gasteiger partial charge in [-0.15, -0.1) is 0 Å². The van der Waals surface area contributed by atoms with Gasteiger partial charge in [-0.05, 0) is 62.2 Å². The van der Waals surface area contributed by atoms with Crippen molar-refractivity contribution in [2.75, 3.05) is 25.0 Å². The van der Waals surface area contributed by atoms with Crippen molar-refractivity contribution in [1.29, 1.82) is 0 Å². The van der Waals surface area contributed by atoms with Crippen LogP contribution in [0.3, 0.4) is 0 Å². The molecule has 3 aromatic rings. The number of para-hydroxylation sites is 2. The van der Waals surface area contributed by atoms with Gasteiger partial charge in [0, 0.05) is 12.2 Å². The molecular formula is C21H22Cl2N4O. The first kappa shape index (κ1) is 19.2. The molecule has 1 saturated heterocycles. The Morgan fingerprint density at radius 1 is 1.11 bits per heavy atom. The van der Waals surface area contributed by atoms with Gasteiger partial charge < -0.3 is 9.88 Å². The van der Waals surface area contributed by atoms with Gasteiger partial charge >= 0.3 is 0 Å². The van der Waals surface area contributed by atoms with E-state index < -0.39 is 0 Å². The normalized spacial score (nSPS) is 15.8. The number of halogens is 2. The zero-order valence-electron chi connectivity index (χ0n) is 15.4. The fourth-order valence-corrected chi connectivity index (χ4v) is 4.04. The second kappa shape index (κ2) is 8.52. The topological polar surface area (TPSA) is 50.2 Å². The number of anilines is 1. The third kappa shape index (κ3) is 4.49. The number of imidazole rings is 1. The third-order valence-corrected chi connectivity index (χ3v) is 6.00. The van der Waals surface area contributed by atoms with Crippen LogP contribution in [0.2, 0.25) is 10.0 Å². The molecule has 1 N–H and O–H groups in total. The highest BCUT2D eigenvalue weighted by Gasteiger charge is 2.21. The van der Waals surface area contributed by atoms with Gasteiger partial charge in [0.1, 0.15) is 0 Å². The number of benzene rings is 2. The Bertz CT molecular complexity index is 979. The minimum absolute atomic E-state index is 0.0301. The van der Waals surface area contributed by atoms with Crippen LogP contribution in [-0.2, 0) is 11.3 Å². The summed E-state index contributed by atoms with van der Waals surface area (Å²) in [5.74, 6) is 0.574.